The molecule has 0 saturated carbocycles. The van der Waals surface area contributed by atoms with Gasteiger partial charge in [-0.1, -0.05) is 12.1 Å². The van der Waals surface area contributed by atoms with Crippen molar-refractivity contribution in [2.24, 2.45) is 0 Å². The Bertz CT molecular complexity index is 1500. The Labute approximate surface area is 254 Å². The first-order valence-electron chi connectivity index (χ1n) is 14.9. The molecule has 6 rings (SSSR count). The standard InChI is InChI=1S/C31H37F3N8O2/c1-40-12-14-42(15-13-40)21-8-10-41(11-9-21)22-6-7-26(27(16-22)44-2)38-30-36-19-24(31(32,33)34)29(39-30)35-18-20-4-3-5-25-23(20)17-28(43)37-25/h3-7,16,19,21H,8-15,17-18H2,1-2H3,(H,37,43)(H2,35,36,38,39). The quantitative estimate of drug-likeness (QED) is 0.339. The smallest absolute Gasteiger partial charge is 0.421 e. The van der Waals surface area contributed by atoms with E-state index in [-0.39, 0.29) is 30.6 Å². The number of piperazine rings is 1. The van der Waals surface area contributed by atoms with Crippen LogP contribution in [0, 0.1) is 0 Å². The SMILES string of the molecule is COc1cc(N2CCC(N3CCN(C)CC3)CC2)ccc1Nc1ncc(C(F)(F)F)c(NCc2cccc3c2CC(=O)N3)n1. The van der Waals surface area contributed by atoms with Gasteiger partial charge in [0.2, 0.25) is 11.9 Å². The van der Waals surface area contributed by atoms with Crippen LogP contribution >= 0.6 is 0 Å². The first-order chi connectivity index (χ1) is 21.2. The van der Waals surface area contributed by atoms with E-state index in [0.717, 1.165) is 69.6 Å². The summed E-state index contributed by atoms with van der Waals surface area (Å²) in [6, 6.07) is 11.7. The number of hydrogen-bond donors (Lipinski definition) is 3. The molecule has 10 nitrogen and oxygen atoms in total. The highest BCUT2D eigenvalue weighted by Crippen LogP contribution is 2.37. The maximum Gasteiger partial charge on any atom is 0.421 e. The minimum atomic E-state index is -4.66. The van der Waals surface area contributed by atoms with Crippen LogP contribution in [0.3, 0.4) is 0 Å². The average Bonchev–Trinajstić information content (AvgIpc) is 3.41. The topological polar surface area (TPSA) is 97.9 Å². The van der Waals surface area contributed by atoms with E-state index in [4.69, 9.17) is 4.74 Å². The summed E-state index contributed by atoms with van der Waals surface area (Å²) in [5.74, 6) is 0.0316. The molecule has 0 unspecified atom stereocenters. The Morgan fingerprint density at radius 2 is 1.84 bits per heavy atom. The molecule has 0 aliphatic carbocycles. The molecule has 2 fully saturated rings. The van der Waals surface area contributed by atoms with Crippen molar-refractivity contribution in [1.29, 1.82) is 0 Å². The summed E-state index contributed by atoms with van der Waals surface area (Å²) in [4.78, 5) is 27.3. The molecular formula is C31H37F3N8O2. The largest absolute Gasteiger partial charge is 0.494 e. The predicted octanol–water partition coefficient (Wildman–Crippen LogP) is 4.57. The minimum Gasteiger partial charge on any atom is -0.494 e. The molecule has 2 aromatic carbocycles. The highest BCUT2D eigenvalue weighted by Gasteiger charge is 2.35. The summed E-state index contributed by atoms with van der Waals surface area (Å²) in [6.07, 6.45) is -1.52. The maximum absolute atomic E-state index is 13.9. The van der Waals surface area contributed by atoms with Crippen LogP contribution in [0.4, 0.5) is 42.0 Å². The van der Waals surface area contributed by atoms with Crippen LogP contribution in [0.15, 0.2) is 42.6 Å². The van der Waals surface area contributed by atoms with Crippen molar-refractivity contribution < 1.29 is 22.7 Å². The van der Waals surface area contributed by atoms with Crippen LogP contribution in [0.5, 0.6) is 5.75 Å². The van der Waals surface area contributed by atoms with Gasteiger partial charge in [-0.3, -0.25) is 9.69 Å². The van der Waals surface area contributed by atoms with Gasteiger partial charge in [-0.05, 0) is 49.2 Å². The fourth-order valence-corrected chi connectivity index (χ4v) is 6.22. The molecule has 13 heteroatoms. The molecule has 0 spiro atoms. The summed E-state index contributed by atoms with van der Waals surface area (Å²) in [7, 11) is 3.73. The van der Waals surface area contributed by atoms with E-state index in [1.165, 1.54) is 0 Å². The summed E-state index contributed by atoms with van der Waals surface area (Å²) in [6.45, 7) is 6.40. The Balaban J connectivity index is 1.15. The van der Waals surface area contributed by atoms with E-state index < -0.39 is 11.7 Å². The molecule has 1 aromatic heterocycles. The van der Waals surface area contributed by atoms with Gasteiger partial charge in [0.1, 0.15) is 17.1 Å². The van der Waals surface area contributed by atoms with E-state index in [1.54, 1.807) is 25.3 Å². The first-order valence-corrected chi connectivity index (χ1v) is 14.9. The zero-order chi connectivity index (χ0) is 30.8. The molecule has 2 saturated heterocycles. The highest BCUT2D eigenvalue weighted by molar-refractivity contribution is 5.99. The number of amides is 1. The third kappa shape index (κ3) is 6.53. The molecule has 0 atom stereocenters. The van der Waals surface area contributed by atoms with Crippen molar-refractivity contribution in [2.45, 2.75) is 38.0 Å². The number of likely N-dealkylation sites (N-methyl/N-ethyl adjacent to an activating group) is 1. The van der Waals surface area contributed by atoms with Gasteiger partial charge < -0.3 is 30.5 Å². The number of nitrogens with zero attached hydrogens (tertiary/aromatic N) is 5. The van der Waals surface area contributed by atoms with E-state index in [9.17, 15) is 18.0 Å². The number of piperidine rings is 1. The number of hydrogen-bond acceptors (Lipinski definition) is 9. The zero-order valence-electron chi connectivity index (χ0n) is 24.9. The first kappa shape index (κ1) is 29.9. The normalized spacial score (nSPS) is 18.2. The third-order valence-electron chi connectivity index (χ3n) is 8.74. The van der Waals surface area contributed by atoms with E-state index in [2.05, 4.69) is 47.7 Å². The van der Waals surface area contributed by atoms with Gasteiger partial charge in [0.05, 0.1) is 19.2 Å². The second kappa shape index (κ2) is 12.5. The van der Waals surface area contributed by atoms with Gasteiger partial charge in [0, 0.05) is 75.5 Å². The molecule has 3 aliphatic heterocycles. The molecular weight excluding hydrogens is 573 g/mol. The number of anilines is 5. The Morgan fingerprint density at radius 3 is 2.57 bits per heavy atom. The summed E-state index contributed by atoms with van der Waals surface area (Å²) in [5, 5.41) is 8.62. The number of carbonyl (C=O) groups excluding carboxylic acids is 1. The van der Waals surface area contributed by atoms with Gasteiger partial charge >= 0.3 is 6.18 Å². The number of alkyl halides is 3. The van der Waals surface area contributed by atoms with E-state index in [1.807, 2.05) is 18.2 Å². The lowest BCUT2D eigenvalue weighted by molar-refractivity contribution is -0.137. The van der Waals surface area contributed by atoms with Gasteiger partial charge in [0.15, 0.2) is 0 Å². The maximum atomic E-state index is 13.9. The van der Waals surface area contributed by atoms with Gasteiger partial charge in [-0.2, -0.15) is 18.2 Å². The second-order valence-corrected chi connectivity index (χ2v) is 11.5. The van der Waals surface area contributed by atoms with Gasteiger partial charge in [-0.15, -0.1) is 0 Å². The molecule has 1 amide bonds. The van der Waals surface area contributed by atoms with Gasteiger partial charge in [0.25, 0.3) is 0 Å². The number of fused-ring (bicyclic) bond motifs is 1. The molecule has 3 N–H and O–H groups in total. The monoisotopic (exact) mass is 610 g/mol. The summed E-state index contributed by atoms with van der Waals surface area (Å²) in [5.41, 5.74) is 2.74. The zero-order valence-corrected chi connectivity index (χ0v) is 24.9. The molecule has 3 aliphatic rings. The van der Waals surface area contributed by atoms with Crippen LogP contribution < -0.4 is 25.6 Å². The van der Waals surface area contributed by atoms with Crippen molar-refractivity contribution in [3.8, 4) is 5.75 Å². The number of carbonyl (C=O) groups is 1. The number of benzene rings is 2. The van der Waals surface area contributed by atoms with Crippen LogP contribution in [-0.4, -0.2) is 85.1 Å². The molecule has 44 heavy (non-hydrogen) atoms. The third-order valence-corrected chi connectivity index (χ3v) is 8.74. The van der Waals surface area contributed by atoms with Crippen LogP contribution in [0.2, 0.25) is 0 Å². The lowest BCUT2D eigenvalue weighted by Crippen LogP contribution is -2.52. The number of nitrogens with one attached hydrogen (secondary N) is 3. The lowest BCUT2D eigenvalue weighted by Gasteiger charge is -2.42. The number of ether oxygens (including phenoxy) is 1. The van der Waals surface area contributed by atoms with Gasteiger partial charge in [-0.25, -0.2) is 4.98 Å². The second-order valence-electron chi connectivity index (χ2n) is 11.5. The van der Waals surface area contributed by atoms with Crippen LogP contribution in [0.25, 0.3) is 0 Å². The fourth-order valence-electron chi connectivity index (χ4n) is 6.22. The van der Waals surface area contributed by atoms with Crippen molar-refractivity contribution in [3.05, 3.63) is 59.3 Å². The van der Waals surface area contributed by atoms with Crippen LogP contribution in [0.1, 0.15) is 29.5 Å². The number of methoxy groups -OCH3 is 1. The molecule has 0 radical (unpaired) electrons. The number of halogens is 3. The number of rotatable bonds is 8. The molecule has 4 heterocycles. The van der Waals surface area contributed by atoms with Crippen molar-refractivity contribution in [1.82, 2.24) is 19.8 Å². The minimum absolute atomic E-state index is 0.00493. The Hall–Kier alpha value is -4.10. The molecule has 3 aromatic rings. The summed E-state index contributed by atoms with van der Waals surface area (Å²) >= 11 is 0. The highest BCUT2D eigenvalue weighted by atomic mass is 19.4. The predicted molar refractivity (Wildman–Crippen MR) is 164 cm³/mol. The lowest BCUT2D eigenvalue weighted by atomic mass is 10.0. The van der Waals surface area contributed by atoms with Crippen molar-refractivity contribution in [3.63, 3.8) is 0 Å². The van der Waals surface area contributed by atoms with Crippen molar-refractivity contribution >= 4 is 34.7 Å². The average molecular weight is 611 g/mol. The molecule has 234 valence electrons. The van der Waals surface area contributed by atoms with Crippen LogP contribution in [-0.2, 0) is 23.9 Å². The van der Waals surface area contributed by atoms with E-state index in [0.29, 0.717) is 28.7 Å². The Morgan fingerprint density at radius 1 is 1.07 bits per heavy atom. The van der Waals surface area contributed by atoms with Crippen molar-refractivity contribution in [2.75, 3.05) is 74.3 Å². The Kier molecular flexibility index (Phi) is 8.50. The molecule has 0 bridgehead atoms. The fraction of sp³-hybridized carbons (Fsp3) is 0.452. The summed E-state index contributed by atoms with van der Waals surface area (Å²) < 4.78 is 47.2. The van der Waals surface area contributed by atoms with E-state index >= 15 is 0 Å². The number of aromatic nitrogens is 2.